The van der Waals surface area contributed by atoms with Crippen molar-refractivity contribution in [2.75, 3.05) is 7.11 Å². The molecule has 1 aromatic rings. The number of nitrogens with two attached hydrogens (primary N) is 1. The van der Waals surface area contributed by atoms with E-state index in [0.29, 0.717) is 0 Å². The molecule has 100 valence electrons. The van der Waals surface area contributed by atoms with E-state index in [1.165, 1.54) is 31.2 Å². The maximum Gasteiger partial charge on any atom is 0.0832 e. The maximum absolute atomic E-state index is 6.47. The van der Waals surface area contributed by atoms with Crippen LogP contribution in [0.3, 0.4) is 0 Å². The second-order valence-corrected chi connectivity index (χ2v) is 5.48. The number of ether oxygens (including phenoxy) is 1. The van der Waals surface area contributed by atoms with Crippen LogP contribution in [0.2, 0.25) is 0 Å². The molecule has 1 fully saturated rings. The first-order valence-corrected chi connectivity index (χ1v) is 7.11. The van der Waals surface area contributed by atoms with E-state index in [0.717, 1.165) is 19.3 Å². The fourth-order valence-corrected chi connectivity index (χ4v) is 3.11. The molecule has 0 bridgehead atoms. The summed E-state index contributed by atoms with van der Waals surface area (Å²) in [5.41, 5.74) is 7.68. The smallest absolute Gasteiger partial charge is 0.0832 e. The Balaban J connectivity index is 2.06. The van der Waals surface area contributed by atoms with Gasteiger partial charge in [-0.15, -0.1) is 0 Å². The molecule has 0 spiro atoms. The number of methoxy groups -OCH3 is 1. The normalized spacial score (nSPS) is 21.2. The maximum atomic E-state index is 6.47. The van der Waals surface area contributed by atoms with Crippen molar-refractivity contribution in [3.63, 3.8) is 0 Å². The van der Waals surface area contributed by atoms with Crippen LogP contribution in [0.5, 0.6) is 0 Å². The molecule has 18 heavy (non-hydrogen) atoms. The Hall–Kier alpha value is -0.860. The molecule has 1 aliphatic carbocycles. The predicted octanol–water partition coefficient (Wildman–Crippen LogP) is 3.30. The quantitative estimate of drug-likeness (QED) is 0.829. The van der Waals surface area contributed by atoms with Gasteiger partial charge in [-0.25, -0.2) is 0 Å². The van der Waals surface area contributed by atoms with Crippen molar-refractivity contribution in [3.05, 3.63) is 35.9 Å². The van der Waals surface area contributed by atoms with Crippen LogP contribution in [-0.4, -0.2) is 18.8 Å². The summed E-state index contributed by atoms with van der Waals surface area (Å²) in [6, 6.07) is 10.6. The first-order valence-electron chi connectivity index (χ1n) is 7.11. The van der Waals surface area contributed by atoms with E-state index in [4.69, 9.17) is 10.5 Å². The van der Waals surface area contributed by atoms with Gasteiger partial charge >= 0.3 is 0 Å². The molecule has 1 unspecified atom stereocenters. The van der Waals surface area contributed by atoms with E-state index in [2.05, 4.69) is 24.3 Å². The Kier molecular flexibility index (Phi) is 4.79. The summed E-state index contributed by atoms with van der Waals surface area (Å²) in [4.78, 5) is 0. The molecule has 2 heteroatoms. The fraction of sp³-hybridized carbons (Fsp3) is 0.625. The Morgan fingerprint density at radius 3 is 2.28 bits per heavy atom. The number of benzene rings is 1. The zero-order valence-electron chi connectivity index (χ0n) is 11.4. The van der Waals surface area contributed by atoms with Gasteiger partial charge in [-0.05, 0) is 24.8 Å². The van der Waals surface area contributed by atoms with Gasteiger partial charge in [-0.2, -0.15) is 0 Å². The van der Waals surface area contributed by atoms with Crippen LogP contribution >= 0.6 is 0 Å². The monoisotopic (exact) mass is 247 g/mol. The highest BCUT2D eigenvalue weighted by Crippen LogP contribution is 2.33. The highest BCUT2D eigenvalue weighted by atomic mass is 16.5. The molecule has 2 rings (SSSR count). The second-order valence-electron chi connectivity index (χ2n) is 5.48. The number of hydrogen-bond acceptors (Lipinski definition) is 2. The van der Waals surface area contributed by atoms with Crippen LogP contribution in [0.1, 0.15) is 44.1 Å². The minimum absolute atomic E-state index is 0.1000. The van der Waals surface area contributed by atoms with Crippen molar-refractivity contribution in [1.82, 2.24) is 0 Å². The van der Waals surface area contributed by atoms with Gasteiger partial charge in [-0.1, -0.05) is 56.0 Å². The third-order valence-corrected chi connectivity index (χ3v) is 4.33. The van der Waals surface area contributed by atoms with E-state index in [1.54, 1.807) is 0 Å². The molecule has 0 radical (unpaired) electrons. The van der Waals surface area contributed by atoms with Crippen LogP contribution in [0.4, 0.5) is 0 Å². The van der Waals surface area contributed by atoms with Crippen molar-refractivity contribution in [3.8, 4) is 0 Å². The van der Waals surface area contributed by atoms with E-state index in [-0.39, 0.29) is 11.6 Å². The summed E-state index contributed by atoms with van der Waals surface area (Å²) < 4.78 is 5.87. The zero-order chi connectivity index (χ0) is 12.8. The van der Waals surface area contributed by atoms with Crippen LogP contribution in [0.15, 0.2) is 30.3 Å². The second kappa shape index (κ2) is 6.35. The van der Waals surface area contributed by atoms with Gasteiger partial charge in [0.25, 0.3) is 0 Å². The van der Waals surface area contributed by atoms with Gasteiger partial charge in [-0.3, -0.25) is 0 Å². The minimum Gasteiger partial charge on any atom is -0.377 e. The van der Waals surface area contributed by atoms with Crippen LogP contribution in [0.25, 0.3) is 0 Å². The van der Waals surface area contributed by atoms with E-state index < -0.39 is 0 Å². The van der Waals surface area contributed by atoms with Crippen LogP contribution < -0.4 is 5.73 Å². The summed E-state index contributed by atoms with van der Waals surface area (Å²) in [5, 5.41) is 0. The lowest BCUT2D eigenvalue weighted by Gasteiger charge is -2.37. The molecule has 1 saturated carbocycles. The molecule has 1 atom stereocenters. The van der Waals surface area contributed by atoms with Gasteiger partial charge in [0.2, 0.25) is 0 Å². The number of hydrogen-bond donors (Lipinski definition) is 1. The topological polar surface area (TPSA) is 35.2 Å². The highest BCUT2D eigenvalue weighted by Gasteiger charge is 2.36. The first kappa shape index (κ1) is 13.6. The summed E-state index contributed by atoms with van der Waals surface area (Å²) in [6.07, 6.45) is 8.27. The minimum atomic E-state index is -0.105. The zero-order valence-corrected chi connectivity index (χ0v) is 11.4. The molecule has 1 aromatic carbocycles. The van der Waals surface area contributed by atoms with Crippen molar-refractivity contribution >= 4 is 0 Å². The standard InChI is InChI=1S/C16H25NO/c1-18-16(11-7-2-3-8-12-16)15(17)13-14-9-5-4-6-10-14/h4-6,9-10,15H,2-3,7-8,11-13,17H2,1H3. The van der Waals surface area contributed by atoms with Crippen LogP contribution in [-0.2, 0) is 11.2 Å². The van der Waals surface area contributed by atoms with Crippen LogP contribution in [0, 0.1) is 0 Å². The third-order valence-electron chi connectivity index (χ3n) is 4.33. The molecule has 2 nitrogen and oxygen atoms in total. The average molecular weight is 247 g/mol. The molecular formula is C16H25NO. The lowest BCUT2D eigenvalue weighted by Crippen LogP contribution is -2.50. The van der Waals surface area contributed by atoms with Gasteiger partial charge in [0, 0.05) is 13.2 Å². The van der Waals surface area contributed by atoms with E-state index in [1.807, 2.05) is 13.2 Å². The third kappa shape index (κ3) is 3.12. The molecule has 0 heterocycles. The summed E-state index contributed by atoms with van der Waals surface area (Å²) in [5.74, 6) is 0. The SMILES string of the molecule is COC1(C(N)Cc2ccccc2)CCCCCC1. The van der Waals surface area contributed by atoms with Crippen molar-refractivity contribution in [1.29, 1.82) is 0 Å². The number of rotatable bonds is 4. The molecule has 1 aliphatic rings. The Morgan fingerprint density at radius 2 is 1.72 bits per heavy atom. The van der Waals surface area contributed by atoms with Crippen molar-refractivity contribution < 1.29 is 4.74 Å². The Labute approximate surface area is 111 Å². The van der Waals surface area contributed by atoms with Crippen molar-refractivity contribution in [2.24, 2.45) is 5.73 Å². The summed E-state index contributed by atoms with van der Waals surface area (Å²) >= 11 is 0. The van der Waals surface area contributed by atoms with Gasteiger partial charge in [0.15, 0.2) is 0 Å². The van der Waals surface area contributed by atoms with Gasteiger partial charge < -0.3 is 10.5 Å². The summed E-state index contributed by atoms with van der Waals surface area (Å²) in [6.45, 7) is 0. The molecular weight excluding hydrogens is 222 g/mol. The van der Waals surface area contributed by atoms with E-state index >= 15 is 0 Å². The highest BCUT2D eigenvalue weighted by molar-refractivity contribution is 5.17. The molecule has 0 saturated heterocycles. The Bertz CT molecular complexity index is 341. The molecule has 0 aromatic heterocycles. The van der Waals surface area contributed by atoms with E-state index in [9.17, 15) is 0 Å². The average Bonchev–Trinajstić information content (AvgIpc) is 2.66. The Morgan fingerprint density at radius 1 is 1.11 bits per heavy atom. The molecule has 0 aliphatic heterocycles. The fourth-order valence-electron chi connectivity index (χ4n) is 3.11. The first-order chi connectivity index (χ1) is 8.77. The molecule has 2 N–H and O–H groups in total. The molecule has 0 amide bonds. The lowest BCUT2D eigenvalue weighted by atomic mass is 9.83. The summed E-state index contributed by atoms with van der Waals surface area (Å²) in [7, 11) is 1.83. The lowest BCUT2D eigenvalue weighted by molar-refractivity contribution is -0.0430. The van der Waals surface area contributed by atoms with Gasteiger partial charge in [0.1, 0.15) is 0 Å². The predicted molar refractivity (Wildman–Crippen MR) is 75.6 cm³/mol. The van der Waals surface area contributed by atoms with Crippen molar-refractivity contribution in [2.45, 2.75) is 56.6 Å². The van der Waals surface area contributed by atoms with Gasteiger partial charge in [0.05, 0.1) is 5.60 Å². The largest absolute Gasteiger partial charge is 0.377 e.